The number of Topliss-reactive ketones (excluding diaryl/α,β-unsaturated/α-hetero) is 1. The molecule has 0 aromatic carbocycles. The summed E-state index contributed by atoms with van der Waals surface area (Å²) in [6.45, 7) is 6.13. The fourth-order valence-corrected chi connectivity index (χ4v) is 3.39. The number of hydrogen-bond donors (Lipinski definition) is 0. The molecule has 1 aliphatic heterocycles. The zero-order valence-electron chi connectivity index (χ0n) is 9.98. The minimum Gasteiger partial charge on any atom is -0.299 e. The van der Waals surface area contributed by atoms with Crippen LogP contribution in [0.15, 0.2) is 17.5 Å². The minimum absolute atomic E-state index is 0.211. The minimum atomic E-state index is 0.211. The van der Waals surface area contributed by atoms with Crippen LogP contribution in [-0.4, -0.2) is 23.8 Å². The summed E-state index contributed by atoms with van der Waals surface area (Å²) in [5.74, 6) is 0.639. The highest BCUT2D eigenvalue weighted by Gasteiger charge is 2.28. The third kappa shape index (κ3) is 2.36. The molecule has 0 spiro atoms. The zero-order valence-corrected chi connectivity index (χ0v) is 10.8. The van der Waals surface area contributed by atoms with E-state index < -0.39 is 0 Å². The number of carbonyl (C=O) groups excluding carboxylic acids is 1. The first kappa shape index (κ1) is 11.8. The molecule has 2 rings (SSSR count). The van der Waals surface area contributed by atoms with Gasteiger partial charge in [0.2, 0.25) is 0 Å². The number of piperidine rings is 1. The van der Waals surface area contributed by atoms with Crippen LogP contribution in [0.4, 0.5) is 0 Å². The first-order valence-electron chi connectivity index (χ1n) is 6.02. The highest BCUT2D eigenvalue weighted by molar-refractivity contribution is 7.10. The third-order valence-electron chi connectivity index (χ3n) is 3.40. The van der Waals surface area contributed by atoms with Crippen molar-refractivity contribution in [1.29, 1.82) is 0 Å². The summed E-state index contributed by atoms with van der Waals surface area (Å²) in [4.78, 5) is 15.4. The predicted molar refractivity (Wildman–Crippen MR) is 67.7 cm³/mol. The fourth-order valence-electron chi connectivity index (χ4n) is 2.45. The summed E-state index contributed by atoms with van der Waals surface area (Å²) in [5, 5.41) is 2.14. The molecule has 2 nitrogen and oxygen atoms in total. The van der Waals surface area contributed by atoms with Crippen molar-refractivity contribution in [1.82, 2.24) is 4.90 Å². The van der Waals surface area contributed by atoms with Crippen LogP contribution in [0.1, 0.15) is 37.6 Å². The standard InChI is InChI=1S/C13H19NOS/c1-3-11(13-5-4-8-16-13)14-7-6-12(15)10(2)9-14/h4-5,8,10-11H,3,6-7,9H2,1-2H3. The summed E-state index contributed by atoms with van der Waals surface area (Å²) >= 11 is 1.82. The molecule has 1 fully saturated rings. The SMILES string of the molecule is CCC(c1cccs1)N1CCC(=O)C(C)C1. The van der Waals surface area contributed by atoms with E-state index in [1.165, 1.54) is 4.88 Å². The fraction of sp³-hybridized carbons (Fsp3) is 0.615. The van der Waals surface area contributed by atoms with E-state index in [2.05, 4.69) is 36.3 Å². The monoisotopic (exact) mass is 237 g/mol. The van der Waals surface area contributed by atoms with E-state index in [4.69, 9.17) is 0 Å². The lowest BCUT2D eigenvalue weighted by atomic mass is 9.96. The summed E-state index contributed by atoms with van der Waals surface area (Å²) < 4.78 is 0. The van der Waals surface area contributed by atoms with Crippen molar-refractivity contribution in [2.45, 2.75) is 32.7 Å². The Morgan fingerprint density at radius 1 is 1.62 bits per heavy atom. The van der Waals surface area contributed by atoms with Gasteiger partial charge in [-0.2, -0.15) is 0 Å². The van der Waals surface area contributed by atoms with Crippen LogP contribution in [0.25, 0.3) is 0 Å². The molecule has 1 aliphatic rings. The van der Waals surface area contributed by atoms with Gasteiger partial charge in [0.25, 0.3) is 0 Å². The van der Waals surface area contributed by atoms with Crippen molar-refractivity contribution in [2.75, 3.05) is 13.1 Å². The van der Waals surface area contributed by atoms with Gasteiger partial charge in [0.15, 0.2) is 0 Å². The number of hydrogen-bond acceptors (Lipinski definition) is 3. The van der Waals surface area contributed by atoms with Crippen molar-refractivity contribution in [3.8, 4) is 0 Å². The number of ketones is 1. The van der Waals surface area contributed by atoms with E-state index >= 15 is 0 Å². The molecule has 2 unspecified atom stereocenters. The number of carbonyl (C=O) groups is 1. The smallest absolute Gasteiger partial charge is 0.138 e. The Hall–Kier alpha value is -0.670. The molecule has 0 bridgehead atoms. The maximum Gasteiger partial charge on any atom is 0.138 e. The van der Waals surface area contributed by atoms with Crippen LogP contribution >= 0.6 is 11.3 Å². The van der Waals surface area contributed by atoms with Gasteiger partial charge in [-0.05, 0) is 17.9 Å². The Morgan fingerprint density at radius 3 is 3.00 bits per heavy atom. The lowest BCUT2D eigenvalue weighted by Crippen LogP contribution is -2.41. The summed E-state index contributed by atoms with van der Waals surface area (Å²) in [6.07, 6.45) is 1.85. The van der Waals surface area contributed by atoms with Crippen LogP contribution in [0, 0.1) is 5.92 Å². The van der Waals surface area contributed by atoms with E-state index in [1.54, 1.807) is 0 Å². The maximum atomic E-state index is 11.5. The van der Waals surface area contributed by atoms with Crippen molar-refractivity contribution in [2.24, 2.45) is 5.92 Å². The number of rotatable bonds is 3. The second-order valence-corrected chi connectivity index (χ2v) is 5.53. The second kappa shape index (κ2) is 5.11. The Kier molecular flexibility index (Phi) is 3.77. The third-order valence-corrected chi connectivity index (χ3v) is 4.38. The topological polar surface area (TPSA) is 20.3 Å². The Morgan fingerprint density at radius 2 is 2.44 bits per heavy atom. The summed E-state index contributed by atoms with van der Waals surface area (Å²) in [6, 6.07) is 4.83. The van der Waals surface area contributed by atoms with Gasteiger partial charge in [0.05, 0.1) is 0 Å². The van der Waals surface area contributed by atoms with E-state index in [1.807, 2.05) is 11.3 Å². The van der Waals surface area contributed by atoms with Gasteiger partial charge in [-0.1, -0.05) is 19.9 Å². The number of thiophene rings is 1. The average Bonchev–Trinajstić information content (AvgIpc) is 2.78. The first-order chi connectivity index (χ1) is 7.72. The first-order valence-corrected chi connectivity index (χ1v) is 6.90. The van der Waals surface area contributed by atoms with E-state index in [9.17, 15) is 4.79 Å². The molecular formula is C13H19NOS. The molecule has 3 heteroatoms. The van der Waals surface area contributed by atoms with Crippen LogP contribution in [0.2, 0.25) is 0 Å². The maximum absolute atomic E-state index is 11.5. The lowest BCUT2D eigenvalue weighted by molar-refractivity contribution is -0.126. The molecule has 0 aliphatic carbocycles. The molecule has 1 aromatic heterocycles. The van der Waals surface area contributed by atoms with E-state index in [0.717, 1.165) is 25.9 Å². The molecule has 1 aromatic rings. The van der Waals surface area contributed by atoms with E-state index in [-0.39, 0.29) is 5.92 Å². The van der Waals surface area contributed by atoms with Crippen LogP contribution in [0.3, 0.4) is 0 Å². The molecule has 1 saturated heterocycles. The molecule has 2 heterocycles. The molecule has 0 radical (unpaired) electrons. The molecule has 0 amide bonds. The molecule has 0 N–H and O–H groups in total. The van der Waals surface area contributed by atoms with Gasteiger partial charge in [-0.25, -0.2) is 0 Å². The van der Waals surface area contributed by atoms with Crippen LogP contribution in [0.5, 0.6) is 0 Å². The van der Waals surface area contributed by atoms with Gasteiger partial charge in [0, 0.05) is 36.3 Å². The van der Waals surface area contributed by atoms with Gasteiger partial charge in [-0.3, -0.25) is 9.69 Å². The Bertz CT molecular complexity index is 347. The molecule has 88 valence electrons. The highest BCUT2D eigenvalue weighted by Crippen LogP contribution is 2.30. The summed E-state index contributed by atoms with van der Waals surface area (Å²) in [5.41, 5.74) is 0. The zero-order chi connectivity index (χ0) is 11.5. The van der Waals surface area contributed by atoms with E-state index in [0.29, 0.717) is 11.8 Å². The largest absolute Gasteiger partial charge is 0.299 e. The van der Waals surface area contributed by atoms with Crippen LogP contribution in [-0.2, 0) is 4.79 Å². The van der Waals surface area contributed by atoms with Crippen LogP contribution < -0.4 is 0 Å². The van der Waals surface area contributed by atoms with Gasteiger partial charge in [-0.15, -0.1) is 11.3 Å². The van der Waals surface area contributed by atoms with Gasteiger partial charge in [0.1, 0.15) is 5.78 Å². The number of likely N-dealkylation sites (tertiary alicyclic amines) is 1. The average molecular weight is 237 g/mol. The quantitative estimate of drug-likeness (QED) is 0.805. The molecule has 16 heavy (non-hydrogen) atoms. The second-order valence-electron chi connectivity index (χ2n) is 4.55. The Labute approximate surface area is 101 Å². The predicted octanol–water partition coefficient (Wildman–Crippen LogP) is 3.11. The molecule has 2 atom stereocenters. The van der Waals surface area contributed by atoms with Crippen molar-refractivity contribution >= 4 is 17.1 Å². The van der Waals surface area contributed by atoms with Crippen molar-refractivity contribution in [3.05, 3.63) is 22.4 Å². The highest BCUT2D eigenvalue weighted by atomic mass is 32.1. The number of nitrogens with zero attached hydrogens (tertiary/aromatic N) is 1. The Balaban J connectivity index is 2.08. The molecular weight excluding hydrogens is 218 g/mol. The lowest BCUT2D eigenvalue weighted by Gasteiger charge is -2.35. The van der Waals surface area contributed by atoms with Crippen molar-refractivity contribution in [3.63, 3.8) is 0 Å². The summed E-state index contributed by atoms with van der Waals surface area (Å²) in [7, 11) is 0. The molecule has 0 saturated carbocycles. The van der Waals surface area contributed by atoms with Gasteiger partial charge < -0.3 is 0 Å². The normalized spacial score (nSPS) is 24.6. The van der Waals surface area contributed by atoms with Gasteiger partial charge >= 0.3 is 0 Å². The van der Waals surface area contributed by atoms with Crippen molar-refractivity contribution < 1.29 is 4.79 Å².